The summed E-state index contributed by atoms with van der Waals surface area (Å²) in [4.78, 5) is 16.7. The first-order valence-electron chi connectivity index (χ1n) is 6.56. The van der Waals surface area contributed by atoms with E-state index in [1.807, 2.05) is 39.1 Å². The molecule has 2 aromatic heterocycles. The van der Waals surface area contributed by atoms with Crippen LogP contribution >= 0.6 is 15.9 Å². The molecule has 1 amide bonds. The molecule has 0 spiro atoms. The van der Waals surface area contributed by atoms with Crippen LogP contribution in [0.4, 0.5) is 0 Å². The number of carbonyl (C=O) groups is 1. The van der Waals surface area contributed by atoms with Crippen molar-refractivity contribution in [2.45, 2.75) is 33.6 Å². The Labute approximate surface area is 126 Å². The van der Waals surface area contributed by atoms with Gasteiger partial charge in [-0.2, -0.15) is 5.10 Å². The van der Waals surface area contributed by atoms with Crippen molar-refractivity contribution in [3.8, 4) is 0 Å². The highest BCUT2D eigenvalue weighted by Crippen LogP contribution is 2.16. The maximum atomic E-state index is 12.3. The number of hydrogen-bond acceptors (Lipinski definition) is 3. The second kappa shape index (κ2) is 6.17. The molecule has 2 aromatic rings. The molecule has 0 aliphatic rings. The van der Waals surface area contributed by atoms with Crippen LogP contribution in [0.25, 0.3) is 5.65 Å². The fraction of sp³-hybridized carbons (Fsp3) is 0.357. The van der Waals surface area contributed by atoms with Gasteiger partial charge in [0.25, 0.3) is 5.91 Å². The fourth-order valence-corrected chi connectivity index (χ4v) is 2.34. The van der Waals surface area contributed by atoms with E-state index in [9.17, 15) is 4.79 Å². The predicted molar refractivity (Wildman–Crippen MR) is 83.1 cm³/mol. The summed E-state index contributed by atoms with van der Waals surface area (Å²) < 4.78 is 2.66. The molecule has 0 fully saturated rings. The van der Waals surface area contributed by atoms with Gasteiger partial charge in [0.15, 0.2) is 0 Å². The SMILES string of the molecule is CCC(CC)=NNC(=O)c1c(C)nc2ccc(Br)cn12. The first kappa shape index (κ1) is 14.7. The van der Waals surface area contributed by atoms with Crippen molar-refractivity contribution in [1.82, 2.24) is 14.8 Å². The zero-order valence-electron chi connectivity index (χ0n) is 11.8. The van der Waals surface area contributed by atoms with E-state index in [0.29, 0.717) is 11.4 Å². The Bertz CT molecular complexity index is 669. The smallest absolute Gasteiger partial charge is 0.290 e. The zero-order chi connectivity index (χ0) is 14.7. The summed E-state index contributed by atoms with van der Waals surface area (Å²) in [7, 11) is 0. The lowest BCUT2D eigenvalue weighted by molar-refractivity contribution is 0.0948. The Morgan fingerprint density at radius 2 is 2.10 bits per heavy atom. The number of amides is 1. The first-order chi connectivity index (χ1) is 9.56. The number of rotatable bonds is 4. The average molecular weight is 337 g/mol. The van der Waals surface area contributed by atoms with Crippen molar-refractivity contribution >= 4 is 33.2 Å². The van der Waals surface area contributed by atoms with Gasteiger partial charge in [-0.15, -0.1) is 0 Å². The van der Waals surface area contributed by atoms with Crippen LogP contribution in [0.5, 0.6) is 0 Å². The van der Waals surface area contributed by atoms with E-state index in [-0.39, 0.29) is 5.91 Å². The second-order valence-electron chi connectivity index (χ2n) is 4.45. The standard InChI is InChI=1S/C14H17BrN4O/c1-4-11(5-2)17-18-14(20)13-9(3)16-12-7-6-10(15)8-19(12)13/h6-8H,4-5H2,1-3H3,(H,18,20). The number of nitrogens with zero attached hydrogens (tertiary/aromatic N) is 3. The normalized spacial score (nSPS) is 10.6. The summed E-state index contributed by atoms with van der Waals surface area (Å²) in [5, 5.41) is 4.15. The number of fused-ring (bicyclic) bond motifs is 1. The lowest BCUT2D eigenvalue weighted by atomic mass is 10.2. The Balaban J connectivity index is 2.37. The van der Waals surface area contributed by atoms with Gasteiger partial charge in [0.2, 0.25) is 0 Å². The van der Waals surface area contributed by atoms with Crippen LogP contribution in [-0.4, -0.2) is 21.0 Å². The van der Waals surface area contributed by atoms with Crippen LogP contribution in [0.3, 0.4) is 0 Å². The maximum Gasteiger partial charge on any atom is 0.290 e. The van der Waals surface area contributed by atoms with E-state index in [0.717, 1.165) is 28.7 Å². The third kappa shape index (κ3) is 2.90. The number of hydrogen-bond donors (Lipinski definition) is 1. The van der Waals surface area contributed by atoms with Gasteiger partial charge in [0.05, 0.1) is 5.69 Å². The second-order valence-corrected chi connectivity index (χ2v) is 5.36. The van der Waals surface area contributed by atoms with E-state index in [2.05, 4.69) is 31.4 Å². The van der Waals surface area contributed by atoms with Crippen molar-refractivity contribution in [1.29, 1.82) is 0 Å². The molecule has 1 N–H and O–H groups in total. The van der Waals surface area contributed by atoms with Crippen LogP contribution < -0.4 is 5.43 Å². The van der Waals surface area contributed by atoms with Gasteiger partial charge in [-0.05, 0) is 47.8 Å². The molecule has 5 nitrogen and oxygen atoms in total. The molecule has 6 heteroatoms. The number of pyridine rings is 1. The summed E-state index contributed by atoms with van der Waals surface area (Å²) in [6.45, 7) is 5.86. The number of aromatic nitrogens is 2. The van der Waals surface area contributed by atoms with E-state index in [1.54, 1.807) is 4.40 Å². The third-order valence-corrected chi connectivity index (χ3v) is 3.57. The molecule has 0 atom stereocenters. The van der Waals surface area contributed by atoms with Crippen molar-refractivity contribution in [2.24, 2.45) is 5.10 Å². The first-order valence-corrected chi connectivity index (χ1v) is 7.36. The van der Waals surface area contributed by atoms with Gasteiger partial charge in [0, 0.05) is 16.4 Å². The highest BCUT2D eigenvalue weighted by molar-refractivity contribution is 9.10. The average Bonchev–Trinajstić information content (AvgIpc) is 2.75. The molecule has 2 rings (SSSR count). The topological polar surface area (TPSA) is 58.8 Å². The predicted octanol–water partition coefficient (Wildman–Crippen LogP) is 3.31. The molecular weight excluding hydrogens is 320 g/mol. The summed E-state index contributed by atoms with van der Waals surface area (Å²) >= 11 is 3.40. The molecule has 0 aromatic carbocycles. The molecule has 0 aliphatic heterocycles. The molecule has 106 valence electrons. The molecule has 0 saturated heterocycles. The lowest BCUT2D eigenvalue weighted by Gasteiger charge is -2.04. The van der Waals surface area contributed by atoms with Gasteiger partial charge in [-0.1, -0.05) is 13.8 Å². The fourth-order valence-electron chi connectivity index (χ4n) is 2.00. The third-order valence-electron chi connectivity index (χ3n) is 3.10. The number of imidazole rings is 1. The van der Waals surface area contributed by atoms with Crippen LogP contribution in [0.1, 0.15) is 42.9 Å². The number of hydrazone groups is 1. The molecule has 0 unspecified atom stereocenters. The molecule has 0 radical (unpaired) electrons. The Morgan fingerprint density at radius 1 is 1.40 bits per heavy atom. The monoisotopic (exact) mass is 336 g/mol. The van der Waals surface area contributed by atoms with Gasteiger partial charge in [0.1, 0.15) is 11.3 Å². The molecular formula is C14H17BrN4O. The van der Waals surface area contributed by atoms with Crippen LogP contribution in [0.2, 0.25) is 0 Å². The van der Waals surface area contributed by atoms with Crippen molar-refractivity contribution in [2.75, 3.05) is 0 Å². The van der Waals surface area contributed by atoms with E-state index in [1.165, 1.54) is 0 Å². The summed E-state index contributed by atoms with van der Waals surface area (Å²) in [5.41, 5.74) is 5.51. The molecule has 0 aliphatic carbocycles. The van der Waals surface area contributed by atoms with Crippen LogP contribution in [0, 0.1) is 6.92 Å². The lowest BCUT2D eigenvalue weighted by Crippen LogP contribution is -2.22. The Hall–Kier alpha value is -1.69. The van der Waals surface area contributed by atoms with Crippen LogP contribution in [-0.2, 0) is 0 Å². The Kier molecular flexibility index (Phi) is 4.54. The Morgan fingerprint density at radius 3 is 2.75 bits per heavy atom. The summed E-state index contributed by atoms with van der Waals surface area (Å²) in [6, 6.07) is 3.76. The molecule has 2 heterocycles. The van der Waals surface area contributed by atoms with Gasteiger partial charge in [-0.3, -0.25) is 9.20 Å². The number of carbonyl (C=O) groups excluding carboxylic acids is 1. The minimum Gasteiger partial charge on any atom is -0.294 e. The van der Waals surface area contributed by atoms with Gasteiger partial charge >= 0.3 is 0 Å². The number of aryl methyl sites for hydroxylation is 1. The van der Waals surface area contributed by atoms with E-state index < -0.39 is 0 Å². The minimum absolute atomic E-state index is 0.243. The van der Waals surface area contributed by atoms with Crippen molar-refractivity contribution < 1.29 is 4.79 Å². The van der Waals surface area contributed by atoms with Crippen molar-refractivity contribution in [3.63, 3.8) is 0 Å². The molecule has 20 heavy (non-hydrogen) atoms. The largest absolute Gasteiger partial charge is 0.294 e. The summed E-state index contributed by atoms with van der Waals surface area (Å²) in [6.07, 6.45) is 3.48. The highest BCUT2D eigenvalue weighted by atomic mass is 79.9. The highest BCUT2D eigenvalue weighted by Gasteiger charge is 2.16. The van der Waals surface area contributed by atoms with E-state index >= 15 is 0 Å². The summed E-state index contributed by atoms with van der Waals surface area (Å²) in [5.74, 6) is -0.243. The molecule has 0 bridgehead atoms. The van der Waals surface area contributed by atoms with Crippen molar-refractivity contribution in [3.05, 3.63) is 34.2 Å². The molecule has 0 saturated carbocycles. The van der Waals surface area contributed by atoms with Crippen LogP contribution in [0.15, 0.2) is 27.9 Å². The van der Waals surface area contributed by atoms with Gasteiger partial charge < -0.3 is 0 Å². The number of halogens is 1. The van der Waals surface area contributed by atoms with E-state index in [4.69, 9.17) is 0 Å². The maximum absolute atomic E-state index is 12.3. The quantitative estimate of drug-likeness (QED) is 0.687. The number of nitrogens with one attached hydrogen (secondary N) is 1. The minimum atomic E-state index is -0.243. The van der Waals surface area contributed by atoms with Gasteiger partial charge in [-0.25, -0.2) is 10.4 Å². The zero-order valence-corrected chi connectivity index (χ0v) is 13.4.